The summed E-state index contributed by atoms with van der Waals surface area (Å²) < 4.78 is 26.7. The first-order chi connectivity index (χ1) is 7.99. The van der Waals surface area contributed by atoms with Crippen molar-refractivity contribution in [2.24, 2.45) is 0 Å². The molecule has 0 unspecified atom stereocenters. The van der Waals surface area contributed by atoms with Gasteiger partial charge in [0.15, 0.2) is 5.78 Å². The molecule has 0 saturated heterocycles. The molecule has 0 atom stereocenters. The number of thiophene rings is 1. The summed E-state index contributed by atoms with van der Waals surface area (Å²) in [5.74, 6) is -2.16. The smallest absolute Gasteiger partial charge is 0.196 e. The highest BCUT2D eigenvalue weighted by atomic mass is 35.5. The molecule has 0 N–H and O–H groups in total. The van der Waals surface area contributed by atoms with Crippen LogP contribution in [0, 0.1) is 18.6 Å². The predicted molar refractivity (Wildman–Crippen MR) is 63.9 cm³/mol. The second-order valence-electron chi connectivity index (χ2n) is 3.52. The van der Waals surface area contributed by atoms with Crippen molar-refractivity contribution in [1.29, 1.82) is 0 Å². The molecule has 0 saturated carbocycles. The van der Waals surface area contributed by atoms with E-state index in [0.29, 0.717) is 5.56 Å². The summed E-state index contributed by atoms with van der Waals surface area (Å²) in [6.07, 6.45) is 0. The van der Waals surface area contributed by atoms with E-state index in [-0.39, 0.29) is 10.6 Å². The van der Waals surface area contributed by atoms with Gasteiger partial charge in [-0.2, -0.15) is 0 Å². The molecule has 2 aromatic rings. The van der Waals surface area contributed by atoms with Gasteiger partial charge in [0.2, 0.25) is 0 Å². The molecule has 0 aliphatic rings. The van der Waals surface area contributed by atoms with Gasteiger partial charge in [-0.3, -0.25) is 4.79 Å². The lowest BCUT2D eigenvalue weighted by Crippen LogP contribution is -2.04. The maximum absolute atomic E-state index is 13.5. The van der Waals surface area contributed by atoms with E-state index in [1.54, 1.807) is 11.4 Å². The first-order valence-corrected chi connectivity index (χ1v) is 5.99. The molecule has 1 heterocycles. The summed E-state index contributed by atoms with van der Waals surface area (Å²) in [7, 11) is 0. The number of ketones is 1. The molecule has 0 aliphatic heterocycles. The van der Waals surface area contributed by atoms with Crippen LogP contribution in [0.5, 0.6) is 0 Å². The lowest BCUT2D eigenvalue weighted by Gasteiger charge is -2.02. The van der Waals surface area contributed by atoms with Crippen LogP contribution in [0.1, 0.15) is 20.8 Å². The highest BCUT2D eigenvalue weighted by Gasteiger charge is 2.17. The third-order valence-corrected chi connectivity index (χ3v) is 3.40. The number of carbonyl (C=O) groups is 1. The molecule has 5 heteroatoms. The number of hydrogen-bond donors (Lipinski definition) is 0. The van der Waals surface area contributed by atoms with E-state index in [4.69, 9.17) is 11.6 Å². The Bertz CT molecular complexity index is 592. The number of carbonyl (C=O) groups excluding carboxylic acids is 1. The fraction of sp³-hybridized carbons (Fsp3) is 0.0833. The van der Waals surface area contributed by atoms with Gasteiger partial charge in [-0.25, -0.2) is 8.78 Å². The SMILES string of the molecule is Cc1cc(C(=O)c2cc(F)c(Cl)cc2F)cs1. The molecular weight excluding hydrogens is 266 g/mol. The van der Waals surface area contributed by atoms with E-state index >= 15 is 0 Å². The van der Waals surface area contributed by atoms with Gasteiger partial charge in [0.25, 0.3) is 0 Å². The lowest BCUT2D eigenvalue weighted by atomic mass is 10.1. The minimum atomic E-state index is -0.815. The Morgan fingerprint density at radius 2 is 1.94 bits per heavy atom. The van der Waals surface area contributed by atoms with Gasteiger partial charge < -0.3 is 0 Å². The van der Waals surface area contributed by atoms with Crippen LogP contribution in [0.3, 0.4) is 0 Å². The summed E-state index contributed by atoms with van der Waals surface area (Å²) >= 11 is 6.79. The number of halogens is 3. The zero-order chi connectivity index (χ0) is 12.6. The number of aryl methyl sites for hydroxylation is 1. The fourth-order valence-corrected chi connectivity index (χ4v) is 2.25. The van der Waals surface area contributed by atoms with Crippen LogP contribution >= 0.6 is 22.9 Å². The van der Waals surface area contributed by atoms with Gasteiger partial charge in [-0.15, -0.1) is 11.3 Å². The molecule has 0 aliphatic carbocycles. The van der Waals surface area contributed by atoms with Crippen molar-refractivity contribution in [3.63, 3.8) is 0 Å². The van der Waals surface area contributed by atoms with Crippen LogP contribution in [0.25, 0.3) is 0 Å². The Morgan fingerprint density at radius 1 is 1.24 bits per heavy atom. The van der Waals surface area contributed by atoms with E-state index < -0.39 is 17.4 Å². The molecule has 1 aromatic carbocycles. The average molecular weight is 273 g/mol. The van der Waals surface area contributed by atoms with E-state index in [1.165, 1.54) is 11.3 Å². The molecule has 88 valence electrons. The first kappa shape index (κ1) is 12.2. The highest BCUT2D eigenvalue weighted by molar-refractivity contribution is 7.10. The van der Waals surface area contributed by atoms with Crippen molar-refractivity contribution < 1.29 is 13.6 Å². The Kier molecular flexibility index (Phi) is 3.26. The zero-order valence-corrected chi connectivity index (χ0v) is 10.3. The number of hydrogen-bond acceptors (Lipinski definition) is 2. The molecule has 0 radical (unpaired) electrons. The highest BCUT2D eigenvalue weighted by Crippen LogP contribution is 2.23. The monoisotopic (exact) mass is 272 g/mol. The summed E-state index contributed by atoms with van der Waals surface area (Å²) in [4.78, 5) is 12.8. The normalized spacial score (nSPS) is 10.6. The van der Waals surface area contributed by atoms with Gasteiger partial charge in [0, 0.05) is 15.8 Å². The average Bonchev–Trinajstić information content (AvgIpc) is 2.69. The predicted octanol–water partition coefficient (Wildman–Crippen LogP) is 4.22. The Hall–Kier alpha value is -1.26. The van der Waals surface area contributed by atoms with Crippen LogP contribution in [-0.4, -0.2) is 5.78 Å². The van der Waals surface area contributed by atoms with Crippen molar-refractivity contribution in [1.82, 2.24) is 0 Å². The van der Waals surface area contributed by atoms with Gasteiger partial charge in [-0.05, 0) is 25.1 Å². The Labute approximate surface area is 106 Å². The summed E-state index contributed by atoms with van der Waals surface area (Å²) in [5, 5.41) is 1.28. The van der Waals surface area contributed by atoms with Crippen molar-refractivity contribution >= 4 is 28.7 Å². The molecule has 0 fully saturated rings. The minimum absolute atomic E-state index is 0.301. The van der Waals surface area contributed by atoms with Crippen molar-refractivity contribution in [3.05, 3.63) is 56.2 Å². The maximum atomic E-state index is 13.5. The molecule has 2 rings (SSSR count). The van der Waals surface area contributed by atoms with Crippen molar-refractivity contribution in [2.45, 2.75) is 6.92 Å². The van der Waals surface area contributed by atoms with Crippen LogP contribution in [0.15, 0.2) is 23.6 Å². The molecular formula is C12H7ClF2OS. The summed E-state index contributed by atoms with van der Waals surface area (Å²) in [6.45, 7) is 1.83. The van der Waals surface area contributed by atoms with Crippen molar-refractivity contribution in [3.8, 4) is 0 Å². The summed E-state index contributed by atoms with van der Waals surface area (Å²) in [6, 6.07) is 3.27. The van der Waals surface area contributed by atoms with Crippen LogP contribution in [-0.2, 0) is 0 Å². The van der Waals surface area contributed by atoms with Gasteiger partial charge in [0.05, 0.1) is 10.6 Å². The number of benzene rings is 1. The topological polar surface area (TPSA) is 17.1 Å². The Balaban J connectivity index is 2.47. The maximum Gasteiger partial charge on any atom is 0.196 e. The molecule has 0 amide bonds. The standard InChI is InChI=1S/C12H7ClF2OS/c1-6-2-7(5-17-6)12(16)8-3-11(15)9(13)4-10(8)14/h2-5H,1H3. The van der Waals surface area contributed by atoms with Crippen LogP contribution in [0.4, 0.5) is 8.78 Å². The van der Waals surface area contributed by atoms with E-state index in [0.717, 1.165) is 17.0 Å². The van der Waals surface area contributed by atoms with E-state index in [1.807, 2.05) is 6.92 Å². The van der Waals surface area contributed by atoms with Crippen molar-refractivity contribution in [2.75, 3.05) is 0 Å². The lowest BCUT2D eigenvalue weighted by molar-refractivity contribution is 0.103. The fourth-order valence-electron chi connectivity index (χ4n) is 1.41. The van der Waals surface area contributed by atoms with Crippen LogP contribution < -0.4 is 0 Å². The second-order valence-corrected chi connectivity index (χ2v) is 5.04. The van der Waals surface area contributed by atoms with E-state index in [2.05, 4.69) is 0 Å². The van der Waals surface area contributed by atoms with E-state index in [9.17, 15) is 13.6 Å². The Morgan fingerprint density at radius 3 is 2.53 bits per heavy atom. The second kappa shape index (κ2) is 4.55. The van der Waals surface area contributed by atoms with Gasteiger partial charge >= 0.3 is 0 Å². The molecule has 1 nitrogen and oxygen atoms in total. The molecule has 0 bridgehead atoms. The first-order valence-electron chi connectivity index (χ1n) is 4.73. The third kappa shape index (κ3) is 2.37. The molecule has 1 aromatic heterocycles. The molecule has 0 spiro atoms. The third-order valence-electron chi connectivity index (χ3n) is 2.25. The molecule has 17 heavy (non-hydrogen) atoms. The van der Waals surface area contributed by atoms with Crippen LogP contribution in [0.2, 0.25) is 5.02 Å². The largest absolute Gasteiger partial charge is 0.288 e. The quantitative estimate of drug-likeness (QED) is 0.591. The summed E-state index contributed by atoms with van der Waals surface area (Å²) in [5.41, 5.74) is 0.0535. The number of rotatable bonds is 2. The minimum Gasteiger partial charge on any atom is -0.288 e. The van der Waals surface area contributed by atoms with Gasteiger partial charge in [0.1, 0.15) is 11.6 Å². The van der Waals surface area contributed by atoms with Gasteiger partial charge in [-0.1, -0.05) is 11.6 Å². The zero-order valence-electron chi connectivity index (χ0n) is 8.76.